The largest absolute Gasteiger partial charge is 0.353 e. The van der Waals surface area contributed by atoms with Gasteiger partial charge in [0.05, 0.1) is 0 Å². The molecule has 2 rings (SSSR count). The zero-order valence-electron chi connectivity index (χ0n) is 14.9. The van der Waals surface area contributed by atoms with Gasteiger partial charge >= 0.3 is 6.03 Å². The Kier molecular flexibility index (Phi) is 6.61. The van der Waals surface area contributed by atoms with Crippen molar-refractivity contribution < 1.29 is 9.59 Å². The third kappa shape index (κ3) is 4.71. The summed E-state index contributed by atoms with van der Waals surface area (Å²) >= 11 is 0. The lowest BCUT2D eigenvalue weighted by molar-refractivity contribution is -0.121. The van der Waals surface area contributed by atoms with Crippen molar-refractivity contribution in [2.45, 2.75) is 20.8 Å². The molecule has 1 aliphatic heterocycles. The van der Waals surface area contributed by atoms with Crippen molar-refractivity contribution in [2.24, 2.45) is 0 Å². The number of carbonyl (C=O) groups excluding carboxylic acids is 2. The number of anilines is 1. The molecule has 1 aliphatic rings. The number of hydrogen-bond acceptors (Lipinski definition) is 3. The van der Waals surface area contributed by atoms with E-state index in [2.05, 4.69) is 24.1 Å². The first-order chi connectivity index (χ1) is 11.5. The highest BCUT2D eigenvalue weighted by Crippen LogP contribution is 2.20. The Labute approximate surface area is 144 Å². The number of nitrogens with one attached hydrogen (secondary N) is 1. The van der Waals surface area contributed by atoms with Crippen LogP contribution in [0, 0.1) is 6.92 Å². The molecule has 0 aromatic heterocycles. The summed E-state index contributed by atoms with van der Waals surface area (Å²) in [6.45, 7) is 11.0. The Morgan fingerprint density at radius 2 is 1.83 bits per heavy atom. The van der Waals surface area contributed by atoms with E-state index in [9.17, 15) is 9.59 Å². The summed E-state index contributed by atoms with van der Waals surface area (Å²) in [5, 5.41) is 2.90. The van der Waals surface area contributed by atoms with E-state index in [4.69, 9.17) is 0 Å². The third-order valence-corrected chi connectivity index (χ3v) is 4.42. The van der Waals surface area contributed by atoms with E-state index < -0.39 is 0 Å². The first-order valence-electron chi connectivity index (χ1n) is 8.67. The van der Waals surface area contributed by atoms with Crippen LogP contribution in [0.25, 0.3) is 0 Å². The first kappa shape index (κ1) is 18.3. The quantitative estimate of drug-likeness (QED) is 0.788. The van der Waals surface area contributed by atoms with Gasteiger partial charge in [0, 0.05) is 31.9 Å². The smallest absolute Gasteiger partial charge is 0.325 e. The van der Waals surface area contributed by atoms with Crippen LogP contribution in [0.2, 0.25) is 0 Å². The van der Waals surface area contributed by atoms with Crippen LogP contribution in [-0.2, 0) is 4.79 Å². The molecular weight excluding hydrogens is 304 g/mol. The van der Waals surface area contributed by atoms with E-state index in [0.717, 1.165) is 30.9 Å². The molecule has 24 heavy (non-hydrogen) atoms. The summed E-state index contributed by atoms with van der Waals surface area (Å²) in [5.41, 5.74) is 2.05. The highest BCUT2D eigenvalue weighted by Gasteiger charge is 2.30. The lowest BCUT2D eigenvalue weighted by Gasteiger charge is -2.20. The number of likely N-dealkylation sites (N-methyl/N-ethyl adjacent to an activating group) is 1. The number of carbonyl (C=O) groups is 2. The first-order valence-corrected chi connectivity index (χ1v) is 8.67. The summed E-state index contributed by atoms with van der Waals surface area (Å²) in [7, 11) is 0. The average molecular weight is 332 g/mol. The molecule has 0 aliphatic carbocycles. The molecule has 0 saturated carbocycles. The molecular formula is C18H28N4O2. The van der Waals surface area contributed by atoms with Crippen LogP contribution >= 0.6 is 0 Å². The molecule has 1 aromatic carbocycles. The standard InChI is InChI=1S/C18H28N4O2/c1-4-20(5-2)11-10-19-17(23)14-21-12-13-22(18(21)24)16-8-6-15(3)7-9-16/h6-9H,4-5,10-14H2,1-3H3,(H,19,23). The molecule has 1 heterocycles. The molecule has 0 radical (unpaired) electrons. The van der Waals surface area contributed by atoms with E-state index in [1.165, 1.54) is 0 Å². The number of amides is 3. The average Bonchev–Trinajstić information content (AvgIpc) is 2.93. The van der Waals surface area contributed by atoms with Crippen molar-refractivity contribution in [1.29, 1.82) is 0 Å². The SMILES string of the molecule is CCN(CC)CCNC(=O)CN1CCN(c2ccc(C)cc2)C1=O. The van der Waals surface area contributed by atoms with Crippen LogP contribution in [0.4, 0.5) is 10.5 Å². The molecule has 0 unspecified atom stereocenters. The van der Waals surface area contributed by atoms with E-state index in [1.54, 1.807) is 9.80 Å². The molecule has 1 fully saturated rings. The van der Waals surface area contributed by atoms with Crippen molar-refractivity contribution in [2.75, 3.05) is 50.7 Å². The Balaban J connectivity index is 1.80. The minimum absolute atomic E-state index is 0.0961. The highest BCUT2D eigenvalue weighted by atomic mass is 16.2. The summed E-state index contributed by atoms with van der Waals surface area (Å²) in [5.74, 6) is -0.0961. The van der Waals surface area contributed by atoms with Crippen molar-refractivity contribution >= 4 is 17.6 Å². The molecule has 1 aromatic rings. The third-order valence-electron chi connectivity index (χ3n) is 4.42. The maximum Gasteiger partial charge on any atom is 0.325 e. The van der Waals surface area contributed by atoms with Crippen LogP contribution in [0.5, 0.6) is 0 Å². The van der Waals surface area contributed by atoms with E-state index in [-0.39, 0.29) is 18.5 Å². The van der Waals surface area contributed by atoms with Crippen LogP contribution in [0.15, 0.2) is 24.3 Å². The minimum atomic E-state index is -0.0993. The second-order valence-corrected chi connectivity index (χ2v) is 6.07. The Morgan fingerprint density at radius 1 is 1.17 bits per heavy atom. The molecule has 1 saturated heterocycles. The van der Waals surface area contributed by atoms with Gasteiger partial charge in [-0.1, -0.05) is 31.5 Å². The van der Waals surface area contributed by atoms with Crippen molar-refractivity contribution in [3.05, 3.63) is 29.8 Å². The second kappa shape index (κ2) is 8.68. The number of nitrogens with zero attached hydrogens (tertiary/aromatic N) is 3. The monoisotopic (exact) mass is 332 g/mol. The van der Waals surface area contributed by atoms with Crippen LogP contribution < -0.4 is 10.2 Å². The lowest BCUT2D eigenvalue weighted by Crippen LogP contribution is -2.42. The Hall–Kier alpha value is -2.08. The molecule has 6 nitrogen and oxygen atoms in total. The van der Waals surface area contributed by atoms with Crippen molar-refractivity contribution in [3.8, 4) is 0 Å². The second-order valence-electron chi connectivity index (χ2n) is 6.07. The molecule has 0 spiro atoms. The fourth-order valence-corrected chi connectivity index (χ4v) is 2.82. The van der Waals surface area contributed by atoms with Crippen LogP contribution in [0.1, 0.15) is 19.4 Å². The van der Waals surface area contributed by atoms with Gasteiger partial charge in [0.2, 0.25) is 5.91 Å². The molecule has 0 atom stereocenters. The predicted molar refractivity (Wildman–Crippen MR) is 96.3 cm³/mol. The summed E-state index contributed by atoms with van der Waals surface area (Å²) in [4.78, 5) is 30.1. The van der Waals surface area contributed by atoms with Gasteiger partial charge in [0.25, 0.3) is 0 Å². The van der Waals surface area contributed by atoms with Gasteiger partial charge in [-0.25, -0.2) is 4.79 Å². The number of rotatable bonds is 8. The molecule has 132 valence electrons. The topological polar surface area (TPSA) is 55.9 Å². The molecule has 0 bridgehead atoms. The van der Waals surface area contributed by atoms with Gasteiger partial charge in [0.1, 0.15) is 6.54 Å². The molecule has 1 N–H and O–H groups in total. The van der Waals surface area contributed by atoms with E-state index in [1.807, 2.05) is 31.2 Å². The fraction of sp³-hybridized carbons (Fsp3) is 0.556. The number of aryl methyl sites for hydroxylation is 1. The summed E-state index contributed by atoms with van der Waals surface area (Å²) in [6.07, 6.45) is 0. The highest BCUT2D eigenvalue weighted by molar-refractivity contribution is 5.96. The number of benzene rings is 1. The zero-order valence-corrected chi connectivity index (χ0v) is 14.9. The van der Waals surface area contributed by atoms with E-state index in [0.29, 0.717) is 19.6 Å². The summed E-state index contributed by atoms with van der Waals surface area (Å²) < 4.78 is 0. The normalized spacial score (nSPS) is 14.6. The van der Waals surface area contributed by atoms with Gasteiger partial charge in [-0.2, -0.15) is 0 Å². The van der Waals surface area contributed by atoms with Gasteiger partial charge in [-0.3, -0.25) is 9.69 Å². The Bertz CT molecular complexity index is 555. The maximum atomic E-state index is 12.5. The maximum absolute atomic E-state index is 12.5. The van der Waals surface area contributed by atoms with Crippen LogP contribution in [-0.4, -0.2) is 67.6 Å². The fourth-order valence-electron chi connectivity index (χ4n) is 2.82. The van der Waals surface area contributed by atoms with Crippen LogP contribution in [0.3, 0.4) is 0 Å². The lowest BCUT2D eigenvalue weighted by atomic mass is 10.2. The van der Waals surface area contributed by atoms with Crippen molar-refractivity contribution in [1.82, 2.24) is 15.1 Å². The molecule has 3 amide bonds. The van der Waals surface area contributed by atoms with Gasteiger partial charge < -0.3 is 15.1 Å². The Morgan fingerprint density at radius 3 is 2.46 bits per heavy atom. The predicted octanol–water partition coefficient (Wildman–Crippen LogP) is 1.70. The number of hydrogen-bond donors (Lipinski definition) is 1. The van der Waals surface area contributed by atoms with Gasteiger partial charge in [-0.15, -0.1) is 0 Å². The van der Waals surface area contributed by atoms with Crippen molar-refractivity contribution in [3.63, 3.8) is 0 Å². The number of urea groups is 1. The minimum Gasteiger partial charge on any atom is -0.353 e. The van der Waals surface area contributed by atoms with Gasteiger partial charge in [-0.05, 0) is 32.1 Å². The van der Waals surface area contributed by atoms with E-state index >= 15 is 0 Å². The van der Waals surface area contributed by atoms with Gasteiger partial charge in [0.15, 0.2) is 0 Å². The molecule has 6 heteroatoms. The zero-order chi connectivity index (χ0) is 17.5. The summed E-state index contributed by atoms with van der Waals surface area (Å²) in [6, 6.07) is 7.77.